The SMILES string of the molecule is Nc1ccc(-c2ccc(N(c3ccccc3)c3ccccc3)c3ccccc23)c(-c2ccccc2)c1-c1ccccc1. The first kappa shape index (κ1) is 25.4. The lowest BCUT2D eigenvalue weighted by atomic mass is 9.85. The molecule has 7 rings (SSSR count). The largest absolute Gasteiger partial charge is 0.398 e. The van der Waals surface area contributed by atoms with E-state index in [0.717, 1.165) is 50.6 Å². The predicted molar refractivity (Wildman–Crippen MR) is 179 cm³/mol. The van der Waals surface area contributed by atoms with Crippen LogP contribution in [0.3, 0.4) is 0 Å². The molecule has 0 aliphatic carbocycles. The number of hydrogen-bond donors (Lipinski definition) is 1. The van der Waals surface area contributed by atoms with Crippen LogP contribution in [0.1, 0.15) is 0 Å². The molecule has 2 nitrogen and oxygen atoms in total. The third kappa shape index (κ3) is 4.59. The molecular weight excluding hydrogens is 508 g/mol. The molecule has 0 spiro atoms. The van der Waals surface area contributed by atoms with Crippen molar-refractivity contribution in [1.82, 2.24) is 0 Å². The standard InChI is InChI=1S/C40H30N2/c41-37-27-25-36(39(29-15-5-1-6-16-29)40(37)30-17-7-2-8-18-30)34-26-28-38(35-24-14-13-23-33(34)35)42(31-19-9-3-10-20-31)32-21-11-4-12-22-32/h1-28H,41H2. The van der Waals surface area contributed by atoms with Gasteiger partial charge in [-0.2, -0.15) is 0 Å². The molecule has 0 amide bonds. The first-order valence-electron chi connectivity index (χ1n) is 14.3. The Kier molecular flexibility index (Phi) is 6.71. The van der Waals surface area contributed by atoms with Crippen molar-refractivity contribution >= 4 is 33.5 Å². The molecule has 0 radical (unpaired) electrons. The van der Waals surface area contributed by atoms with Crippen LogP contribution in [0.15, 0.2) is 170 Å². The Morgan fingerprint density at radius 2 is 0.810 bits per heavy atom. The molecule has 7 aromatic rings. The average molecular weight is 539 g/mol. The summed E-state index contributed by atoms with van der Waals surface area (Å²) in [5.41, 5.74) is 17.6. The molecule has 0 saturated heterocycles. The minimum Gasteiger partial charge on any atom is -0.398 e. The van der Waals surface area contributed by atoms with Gasteiger partial charge in [0.15, 0.2) is 0 Å². The molecule has 2 heteroatoms. The van der Waals surface area contributed by atoms with Crippen LogP contribution in [-0.2, 0) is 0 Å². The van der Waals surface area contributed by atoms with Gasteiger partial charge in [0.25, 0.3) is 0 Å². The van der Waals surface area contributed by atoms with Gasteiger partial charge in [-0.05, 0) is 69.6 Å². The number of hydrogen-bond acceptors (Lipinski definition) is 2. The summed E-state index contributed by atoms with van der Waals surface area (Å²) in [7, 11) is 0. The van der Waals surface area contributed by atoms with Crippen LogP contribution in [-0.4, -0.2) is 0 Å². The zero-order valence-electron chi connectivity index (χ0n) is 23.2. The van der Waals surface area contributed by atoms with E-state index in [-0.39, 0.29) is 0 Å². The van der Waals surface area contributed by atoms with Crippen molar-refractivity contribution in [3.63, 3.8) is 0 Å². The minimum absolute atomic E-state index is 0.768. The molecule has 0 saturated carbocycles. The Hall–Kier alpha value is -5.60. The van der Waals surface area contributed by atoms with Gasteiger partial charge in [0, 0.05) is 28.0 Å². The molecule has 0 fully saturated rings. The zero-order valence-corrected chi connectivity index (χ0v) is 23.2. The molecule has 0 aliphatic rings. The van der Waals surface area contributed by atoms with Crippen molar-refractivity contribution in [1.29, 1.82) is 0 Å². The summed E-state index contributed by atoms with van der Waals surface area (Å²) in [6.07, 6.45) is 0. The Morgan fingerprint density at radius 1 is 0.357 bits per heavy atom. The maximum absolute atomic E-state index is 6.74. The van der Waals surface area contributed by atoms with E-state index >= 15 is 0 Å². The number of para-hydroxylation sites is 2. The average Bonchev–Trinajstić information content (AvgIpc) is 3.07. The lowest BCUT2D eigenvalue weighted by Gasteiger charge is -2.28. The van der Waals surface area contributed by atoms with E-state index in [4.69, 9.17) is 5.73 Å². The van der Waals surface area contributed by atoms with Crippen LogP contribution in [0.25, 0.3) is 44.2 Å². The zero-order chi connectivity index (χ0) is 28.3. The van der Waals surface area contributed by atoms with Crippen LogP contribution in [0.5, 0.6) is 0 Å². The van der Waals surface area contributed by atoms with E-state index in [2.05, 4.69) is 163 Å². The third-order valence-corrected chi connectivity index (χ3v) is 7.82. The number of rotatable bonds is 6. The number of nitrogen functional groups attached to an aromatic ring is 1. The van der Waals surface area contributed by atoms with Gasteiger partial charge >= 0.3 is 0 Å². The summed E-state index contributed by atoms with van der Waals surface area (Å²) in [4.78, 5) is 2.34. The van der Waals surface area contributed by atoms with Crippen molar-refractivity contribution in [2.24, 2.45) is 0 Å². The van der Waals surface area contributed by atoms with E-state index in [0.29, 0.717) is 0 Å². The van der Waals surface area contributed by atoms with Crippen molar-refractivity contribution in [3.05, 3.63) is 170 Å². The normalized spacial score (nSPS) is 11.0. The van der Waals surface area contributed by atoms with Crippen LogP contribution in [0.4, 0.5) is 22.7 Å². The van der Waals surface area contributed by atoms with E-state index in [1.165, 1.54) is 16.3 Å². The van der Waals surface area contributed by atoms with Crippen LogP contribution in [0.2, 0.25) is 0 Å². The molecule has 0 heterocycles. The predicted octanol–water partition coefficient (Wildman–Crippen LogP) is 10.9. The molecule has 2 N–H and O–H groups in total. The van der Waals surface area contributed by atoms with Gasteiger partial charge < -0.3 is 10.6 Å². The smallest absolute Gasteiger partial charge is 0.0540 e. The second-order valence-corrected chi connectivity index (χ2v) is 10.4. The molecule has 7 aromatic carbocycles. The number of anilines is 4. The summed E-state index contributed by atoms with van der Waals surface area (Å²) < 4.78 is 0. The summed E-state index contributed by atoms with van der Waals surface area (Å²) in [5, 5.41) is 2.37. The first-order chi connectivity index (χ1) is 20.8. The second kappa shape index (κ2) is 11.1. The number of fused-ring (bicyclic) bond motifs is 1. The number of nitrogens with two attached hydrogens (primary N) is 1. The topological polar surface area (TPSA) is 29.3 Å². The highest BCUT2D eigenvalue weighted by Crippen LogP contribution is 2.47. The van der Waals surface area contributed by atoms with Crippen molar-refractivity contribution in [2.75, 3.05) is 10.6 Å². The van der Waals surface area contributed by atoms with Gasteiger partial charge in [0.05, 0.1) is 5.69 Å². The van der Waals surface area contributed by atoms with E-state index in [9.17, 15) is 0 Å². The van der Waals surface area contributed by atoms with Crippen LogP contribution >= 0.6 is 0 Å². The van der Waals surface area contributed by atoms with Gasteiger partial charge in [-0.1, -0.05) is 133 Å². The minimum atomic E-state index is 0.768. The monoisotopic (exact) mass is 538 g/mol. The lowest BCUT2D eigenvalue weighted by Crippen LogP contribution is -2.10. The van der Waals surface area contributed by atoms with Crippen molar-refractivity contribution in [3.8, 4) is 33.4 Å². The van der Waals surface area contributed by atoms with Gasteiger partial charge in [0.2, 0.25) is 0 Å². The highest BCUT2D eigenvalue weighted by Gasteiger charge is 2.21. The Bertz CT molecular complexity index is 1930. The highest BCUT2D eigenvalue weighted by atomic mass is 15.1. The van der Waals surface area contributed by atoms with Crippen LogP contribution in [0, 0.1) is 0 Å². The summed E-state index contributed by atoms with van der Waals surface area (Å²) >= 11 is 0. The van der Waals surface area contributed by atoms with Crippen molar-refractivity contribution in [2.45, 2.75) is 0 Å². The molecule has 0 atom stereocenters. The summed E-state index contributed by atoms with van der Waals surface area (Å²) in [5.74, 6) is 0. The molecule has 42 heavy (non-hydrogen) atoms. The molecule has 0 aromatic heterocycles. The van der Waals surface area contributed by atoms with E-state index in [1.807, 2.05) is 12.1 Å². The van der Waals surface area contributed by atoms with Gasteiger partial charge in [-0.25, -0.2) is 0 Å². The molecule has 200 valence electrons. The van der Waals surface area contributed by atoms with Crippen LogP contribution < -0.4 is 10.6 Å². The fourth-order valence-corrected chi connectivity index (χ4v) is 5.96. The number of nitrogens with zero attached hydrogens (tertiary/aromatic N) is 1. The number of benzene rings is 7. The second-order valence-electron chi connectivity index (χ2n) is 10.4. The Labute approximate surface area is 246 Å². The highest BCUT2D eigenvalue weighted by molar-refractivity contribution is 6.10. The summed E-state index contributed by atoms with van der Waals surface area (Å²) in [6.45, 7) is 0. The van der Waals surface area contributed by atoms with E-state index in [1.54, 1.807) is 0 Å². The maximum Gasteiger partial charge on any atom is 0.0540 e. The Morgan fingerprint density at radius 3 is 1.38 bits per heavy atom. The maximum atomic E-state index is 6.74. The summed E-state index contributed by atoms with van der Waals surface area (Å²) in [6, 6.07) is 59.7. The molecule has 0 unspecified atom stereocenters. The fraction of sp³-hybridized carbons (Fsp3) is 0. The van der Waals surface area contributed by atoms with Gasteiger partial charge in [0.1, 0.15) is 0 Å². The fourth-order valence-electron chi connectivity index (χ4n) is 5.96. The third-order valence-electron chi connectivity index (χ3n) is 7.82. The molecular formula is C40H30N2. The first-order valence-corrected chi connectivity index (χ1v) is 14.3. The molecule has 0 aliphatic heterocycles. The van der Waals surface area contributed by atoms with E-state index < -0.39 is 0 Å². The quantitative estimate of drug-likeness (QED) is 0.213. The van der Waals surface area contributed by atoms with Crippen molar-refractivity contribution < 1.29 is 0 Å². The lowest BCUT2D eigenvalue weighted by molar-refractivity contribution is 1.30. The molecule has 0 bridgehead atoms. The Balaban J connectivity index is 1.51. The van der Waals surface area contributed by atoms with Gasteiger partial charge in [-0.15, -0.1) is 0 Å². The van der Waals surface area contributed by atoms with Gasteiger partial charge in [-0.3, -0.25) is 0 Å².